The molecule has 2 aromatic rings. The summed E-state index contributed by atoms with van der Waals surface area (Å²) >= 11 is 0. The molecular weight excluding hydrogens is 288 g/mol. The van der Waals surface area contributed by atoms with E-state index in [-0.39, 0.29) is 21.2 Å². The SMILES string of the molecule is Cc1cc(N)cc(N)c1S(=O)(=O)c1c(C)cc(N)cc1N. The highest BCUT2D eigenvalue weighted by Crippen LogP contribution is 2.35. The molecule has 6 nitrogen and oxygen atoms in total. The van der Waals surface area contributed by atoms with Crippen molar-refractivity contribution in [1.29, 1.82) is 0 Å². The van der Waals surface area contributed by atoms with E-state index in [4.69, 9.17) is 22.9 Å². The van der Waals surface area contributed by atoms with Crippen molar-refractivity contribution < 1.29 is 8.42 Å². The van der Waals surface area contributed by atoms with Crippen LogP contribution in [0.15, 0.2) is 34.1 Å². The second kappa shape index (κ2) is 4.85. The van der Waals surface area contributed by atoms with E-state index in [1.165, 1.54) is 12.1 Å². The zero-order chi connectivity index (χ0) is 15.9. The molecule has 0 spiro atoms. The van der Waals surface area contributed by atoms with Gasteiger partial charge in [0.25, 0.3) is 0 Å². The number of nitrogens with two attached hydrogens (primary N) is 4. The summed E-state index contributed by atoms with van der Waals surface area (Å²) in [5.74, 6) is 0. The molecule has 8 N–H and O–H groups in total. The number of hydrogen-bond donors (Lipinski definition) is 4. The largest absolute Gasteiger partial charge is 0.399 e. The molecule has 0 saturated heterocycles. The van der Waals surface area contributed by atoms with E-state index in [0.29, 0.717) is 22.5 Å². The van der Waals surface area contributed by atoms with Gasteiger partial charge in [-0.1, -0.05) is 0 Å². The first-order valence-corrected chi connectivity index (χ1v) is 7.69. The fourth-order valence-corrected chi connectivity index (χ4v) is 4.40. The molecule has 0 atom stereocenters. The number of nitrogen functional groups attached to an aromatic ring is 4. The zero-order valence-electron chi connectivity index (χ0n) is 11.8. The third kappa shape index (κ3) is 2.47. The van der Waals surface area contributed by atoms with Crippen LogP contribution in [0.4, 0.5) is 22.7 Å². The molecule has 0 radical (unpaired) electrons. The average Bonchev–Trinajstić information content (AvgIpc) is 2.23. The summed E-state index contributed by atoms with van der Waals surface area (Å²) in [6.07, 6.45) is 0. The van der Waals surface area contributed by atoms with Gasteiger partial charge in [0.05, 0.1) is 21.2 Å². The third-order valence-electron chi connectivity index (χ3n) is 3.19. The second-order valence-corrected chi connectivity index (χ2v) is 6.84. The summed E-state index contributed by atoms with van der Waals surface area (Å²) < 4.78 is 25.8. The molecule has 0 fully saturated rings. The van der Waals surface area contributed by atoms with Crippen LogP contribution in [0.3, 0.4) is 0 Å². The van der Waals surface area contributed by atoms with Crippen molar-refractivity contribution in [2.24, 2.45) is 0 Å². The summed E-state index contributed by atoms with van der Waals surface area (Å²) in [5, 5.41) is 0. The van der Waals surface area contributed by atoms with Crippen LogP contribution in [0, 0.1) is 13.8 Å². The van der Waals surface area contributed by atoms with Gasteiger partial charge in [-0.05, 0) is 49.2 Å². The Kier molecular flexibility index (Phi) is 3.46. The summed E-state index contributed by atoms with van der Waals surface area (Å²) in [6, 6.07) is 5.96. The Morgan fingerprint density at radius 2 is 1.05 bits per heavy atom. The van der Waals surface area contributed by atoms with Crippen molar-refractivity contribution in [2.75, 3.05) is 22.9 Å². The van der Waals surface area contributed by atoms with Gasteiger partial charge in [0.1, 0.15) is 0 Å². The van der Waals surface area contributed by atoms with Gasteiger partial charge in [-0.3, -0.25) is 0 Å². The molecule has 112 valence electrons. The lowest BCUT2D eigenvalue weighted by Crippen LogP contribution is -2.12. The molecule has 0 bridgehead atoms. The zero-order valence-corrected chi connectivity index (χ0v) is 12.7. The lowest BCUT2D eigenvalue weighted by Gasteiger charge is -2.15. The molecule has 7 heteroatoms. The summed E-state index contributed by atoms with van der Waals surface area (Å²) in [7, 11) is -3.86. The molecule has 21 heavy (non-hydrogen) atoms. The van der Waals surface area contributed by atoms with Gasteiger partial charge in [-0.2, -0.15) is 0 Å². The van der Waals surface area contributed by atoms with E-state index < -0.39 is 9.84 Å². The second-order valence-electron chi connectivity index (χ2n) is 5.02. The summed E-state index contributed by atoms with van der Waals surface area (Å²) in [6.45, 7) is 3.28. The Hall–Kier alpha value is -2.41. The van der Waals surface area contributed by atoms with Gasteiger partial charge in [0, 0.05) is 11.4 Å². The van der Waals surface area contributed by atoms with E-state index in [1.54, 1.807) is 26.0 Å². The van der Waals surface area contributed by atoms with Crippen LogP contribution < -0.4 is 22.9 Å². The first kappa shape index (κ1) is 15.0. The van der Waals surface area contributed by atoms with E-state index in [9.17, 15) is 8.42 Å². The number of rotatable bonds is 2. The maximum absolute atomic E-state index is 12.9. The average molecular weight is 306 g/mol. The van der Waals surface area contributed by atoms with Crippen LogP contribution in [-0.2, 0) is 9.84 Å². The van der Waals surface area contributed by atoms with Crippen LogP contribution in [-0.4, -0.2) is 8.42 Å². The molecule has 0 saturated carbocycles. The molecule has 0 amide bonds. The Labute approximate surface area is 123 Å². The van der Waals surface area contributed by atoms with Crippen molar-refractivity contribution in [3.63, 3.8) is 0 Å². The topological polar surface area (TPSA) is 138 Å². The lowest BCUT2D eigenvalue weighted by atomic mass is 10.2. The molecule has 0 heterocycles. The van der Waals surface area contributed by atoms with E-state index >= 15 is 0 Å². The molecule has 0 aliphatic carbocycles. The first-order chi connectivity index (χ1) is 9.64. The van der Waals surface area contributed by atoms with Gasteiger partial charge in [-0.25, -0.2) is 8.42 Å². The molecule has 0 aliphatic heterocycles. The minimum Gasteiger partial charge on any atom is -0.399 e. The van der Waals surface area contributed by atoms with Gasteiger partial charge in [0.2, 0.25) is 9.84 Å². The third-order valence-corrected chi connectivity index (χ3v) is 5.38. The van der Waals surface area contributed by atoms with E-state index in [2.05, 4.69) is 0 Å². The predicted molar refractivity (Wildman–Crippen MR) is 85.5 cm³/mol. The highest BCUT2D eigenvalue weighted by atomic mass is 32.2. The minimum atomic E-state index is -3.86. The van der Waals surface area contributed by atoms with Crippen molar-refractivity contribution in [1.82, 2.24) is 0 Å². The monoisotopic (exact) mass is 306 g/mol. The Balaban J connectivity index is 2.81. The van der Waals surface area contributed by atoms with Crippen molar-refractivity contribution in [3.05, 3.63) is 35.4 Å². The minimum absolute atomic E-state index is 0.0243. The van der Waals surface area contributed by atoms with Gasteiger partial charge in [0.15, 0.2) is 0 Å². The van der Waals surface area contributed by atoms with Crippen LogP contribution in [0.1, 0.15) is 11.1 Å². The molecule has 2 aromatic carbocycles. The summed E-state index contributed by atoms with van der Waals surface area (Å²) in [4.78, 5) is 0.0487. The van der Waals surface area contributed by atoms with Crippen LogP contribution >= 0.6 is 0 Å². The Bertz CT molecular complexity index is 719. The van der Waals surface area contributed by atoms with Crippen molar-refractivity contribution in [2.45, 2.75) is 23.6 Å². The molecule has 0 aromatic heterocycles. The number of benzene rings is 2. The maximum Gasteiger partial charge on any atom is 0.211 e. The normalized spacial score (nSPS) is 11.5. The maximum atomic E-state index is 12.9. The van der Waals surface area contributed by atoms with E-state index in [0.717, 1.165) is 0 Å². The van der Waals surface area contributed by atoms with E-state index in [1.807, 2.05) is 0 Å². The summed E-state index contributed by atoms with van der Waals surface area (Å²) in [5.41, 5.74) is 25.0. The van der Waals surface area contributed by atoms with Crippen LogP contribution in [0.2, 0.25) is 0 Å². The lowest BCUT2D eigenvalue weighted by molar-refractivity contribution is 0.596. The first-order valence-electron chi connectivity index (χ1n) is 6.21. The number of hydrogen-bond acceptors (Lipinski definition) is 6. The van der Waals surface area contributed by atoms with Gasteiger partial charge < -0.3 is 22.9 Å². The fraction of sp³-hybridized carbons (Fsp3) is 0.143. The van der Waals surface area contributed by atoms with Gasteiger partial charge >= 0.3 is 0 Å². The molecular formula is C14H18N4O2S. The van der Waals surface area contributed by atoms with Crippen LogP contribution in [0.5, 0.6) is 0 Å². The van der Waals surface area contributed by atoms with Gasteiger partial charge in [-0.15, -0.1) is 0 Å². The quantitative estimate of drug-likeness (QED) is 0.620. The van der Waals surface area contributed by atoms with Crippen molar-refractivity contribution >= 4 is 32.6 Å². The fourth-order valence-electron chi connectivity index (χ4n) is 2.50. The number of sulfone groups is 1. The Morgan fingerprint density at radius 3 is 1.33 bits per heavy atom. The van der Waals surface area contributed by atoms with Crippen molar-refractivity contribution in [3.8, 4) is 0 Å². The highest BCUT2D eigenvalue weighted by Gasteiger charge is 2.27. The molecule has 0 unspecified atom stereocenters. The smallest absolute Gasteiger partial charge is 0.211 e. The standard InChI is InChI=1S/C14H18N4O2S/c1-7-3-9(15)5-11(17)13(7)21(19,20)14-8(2)4-10(16)6-12(14)18/h3-6H,15-18H2,1-2H3. The Morgan fingerprint density at radius 1 is 0.714 bits per heavy atom. The van der Waals surface area contributed by atoms with Crippen LogP contribution in [0.25, 0.3) is 0 Å². The predicted octanol–water partition coefficient (Wildman–Crippen LogP) is 1.47. The number of anilines is 4. The number of aryl methyl sites for hydroxylation is 2. The highest BCUT2D eigenvalue weighted by molar-refractivity contribution is 7.92. The molecule has 2 rings (SSSR count). The molecule has 0 aliphatic rings.